The molecule has 0 bridgehead atoms. The maximum atomic E-state index is 10.7. The lowest BCUT2D eigenvalue weighted by atomic mass is 10.2. The number of carbonyl (C=O) groups is 1. The molecule has 1 heterocycles. The largest absolute Gasteiger partial charge is 0.497 e. The maximum absolute atomic E-state index is 10.7. The van der Waals surface area contributed by atoms with Gasteiger partial charge >= 0.3 is 5.97 Å². The molecule has 0 fully saturated rings. The molecule has 0 aliphatic heterocycles. The smallest absolute Gasteiger partial charge is 0.371 e. The molecule has 0 saturated heterocycles. The Kier molecular flexibility index (Phi) is 4.55. The summed E-state index contributed by atoms with van der Waals surface area (Å²) in [6.07, 6.45) is 0. The Morgan fingerprint density at radius 3 is 2.84 bits per heavy atom. The van der Waals surface area contributed by atoms with Crippen molar-refractivity contribution in [3.8, 4) is 5.75 Å². The summed E-state index contributed by atoms with van der Waals surface area (Å²) in [6.45, 7) is 0. The number of carboxylic acid groups (broad SMARTS) is 1. The van der Waals surface area contributed by atoms with E-state index in [4.69, 9.17) is 14.3 Å². The molecule has 100 valence electrons. The fraction of sp³-hybridized carbons (Fsp3) is 0.154. The minimum atomic E-state index is -1.06. The molecule has 0 radical (unpaired) electrons. The number of benzene rings is 1. The van der Waals surface area contributed by atoms with Gasteiger partial charge in [-0.3, -0.25) is 0 Å². The quantitative estimate of drug-likeness (QED) is 0.831. The van der Waals surface area contributed by atoms with E-state index in [2.05, 4.69) is 15.9 Å². The number of carboxylic acids is 1. The molecule has 1 N–H and O–H groups in total. The molecule has 1 aromatic carbocycles. The van der Waals surface area contributed by atoms with Crippen LogP contribution in [0, 0.1) is 0 Å². The van der Waals surface area contributed by atoms with Gasteiger partial charge in [0.1, 0.15) is 5.75 Å². The van der Waals surface area contributed by atoms with E-state index in [0.717, 1.165) is 15.8 Å². The first-order chi connectivity index (χ1) is 9.10. The second kappa shape index (κ2) is 6.16. The van der Waals surface area contributed by atoms with Gasteiger partial charge in [-0.05, 0) is 35.9 Å². The van der Waals surface area contributed by atoms with Gasteiger partial charge in [-0.1, -0.05) is 27.7 Å². The third-order valence-electron chi connectivity index (χ3n) is 2.41. The zero-order valence-electron chi connectivity index (χ0n) is 10.1. The molecule has 0 aliphatic carbocycles. The minimum absolute atomic E-state index is 0.0489. The van der Waals surface area contributed by atoms with Crippen LogP contribution in [0.15, 0.2) is 44.3 Å². The van der Waals surface area contributed by atoms with Gasteiger partial charge in [0.25, 0.3) is 0 Å². The lowest BCUT2D eigenvalue weighted by molar-refractivity contribution is 0.0656. The van der Waals surface area contributed by atoms with Crippen molar-refractivity contribution in [1.29, 1.82) is 0 Å². The van der Waals surface area contributed by atoms with Gasteiger partial charge in [0.15, 0.2) is 5.09 Å². The zero-order chi connectivity index (χ0) is 13.8. The summed E-state index contributed by atoms with van der Waals surface area (Å²) in [5.74, 6) is 0.329. The summed E-state index contributed by atoms with van der Waals surface area (Å²) in [7, 11) is 1.62. The number of furan rings is 1. The number of hydrogen-bond acceptors (Lipinski definition) is 4. The Morgan fingerprint density at radius 2 is 2.21 bits per heavy atom. The van der Waals surface area contributed by atoms with Gasteiger partial charge in [-0.2, -0.15) is 0 Å². The number of aromatic carboxylic acids is 1. The first-order valence-electron chi connectivity index (χ1n) is 5.38. The highest BCUT2D eigenvalue weighted by atomic mass is 79.9. The highest BCUT2D eigenvalue weighted by molar-refractivity contribution is 9.10. The fourth-order valence-electron chi connectivity index (χ4n) is 1.45. The van der Waals surface area contributed by atoms with Crippen LogP contribution in [0.2, 0.25) is 0 Å². The van der Waals surface area contributed by atoms with Crippen LogP contribution in [-0.2, 0) is 5.75 Å². The van der Waals surface area contributed by atoms with Crippen LogP contribution in [0.4, 0.5) is 0 Å². The average molecular weight is 343 g/mol. The molecule has 0 saturated carbocycles. The van der Waals surface area contributed by atoms with Crippen molar-refractivity contribution in [2.75, 3.05) is 7.11 Å². The molecular formula is C13H11BrO4S. The van der Waals surface area contributed by atoms with E-state index in [1.165, 1.54) is 17.8 Å². The number of ether oxygens (including phenoxy) is 1. The van der Waals surface area contributed by atoms with Crippen LogP contribution in [0.5, 0.6) is 5.75 Å². The van der Waals surface area contributed by atoms with E-state index < -0.39 is 5.97 Å². The molecule has 0 amide bonds. The van der Waals surface area contributed by atoms with Crippen molar-refractivity contribution < 1.29 is 19.1 Å². The molecule has 4 nitrogen and oxygen atoms in total. The van der Waals surface area contributed by atoms with Crippen LogP contribution in [0.3, 0.4) is 0 Å². The standard InChI is InChI=1S/C13H11BrO4S/c1-17-9-2-3-10(14)8(6-9)7-19-12-5-4-11(18-12)13(15)16/h2-6H,7H2,1H3,(H,15,16). The predicted octanol–water partition coefficient (Wildman–Crippen LogP) is 4.04. The number of hydrogen-bond donors (Lipinski definition) is 1. The van der Waals surface area contributed by atoms with Gasteiger partial charge in [0.05, 0.1) is 7.11 Å². The highest BCUT2D eigenvalue weighted by Gasteiger charge is 2.10. The normalized spacial score (nSPS) is 10.4. The summed E-state index contributed by atoms with van der Waals surface area (Å²) in [5, 5.41) is 9.34. The zero-order valence-corrected chi connectivity index (χ0v) is 12.5. The molecule has 1 aromatic heterocycles. The molecule has 2 rings (SSSR count). The third-order valence-corrected chi connectivity index (χ3v) is 4.15. The second-order valence-electron chi connectivity index (χ2n) is 3.67. The van der Waals surface area contributed by atoms with Gasteiger partial charge < -0.3 is 14.3 Å². The summed E-state index contributed by atoms with van der Waals surface area (Å²) in [4.78, 5) is 10.7. The highest BCUT2D eigenvalue weighted by Crippen LogP contribution is 2.30. The van der Waals surface area contributed by atoms with Crippen LogP contribution in [0.25, 0.3) is 0 Å². The van der Waals surface area contributed by atoms with E-state index in [1.807, 2.05) is 18.2 Å². The summed E-state index contributed by atoms with van der Waals surface area (Å²) >= 11 is 4.90. The summed E-state index contributed by atoms with van der Waals surface area (Å²) < 4.78 is 11.3. The van der Waals surface area contributed by atoms with Crippen LogP contribution < -0.4 is 4.74 Å². The summed E-state index contributed by atoms with van der Waals surface area (Å²) in [5.41, 5.74) is 1.05. The second-order valence-corrected chi connectivity index (χ2v) is 5.50. The monoisotopic (exact) mass is 342 g/mol. The van der Waals surface area contributed by atoms with E-state index in [0.29, 0.717) is 10.8 Å². The van der Waals surface area contributed by atoms with Crippen molar-refractivity contribution in [1.82, 2.24) is 0 Å². The number of halogens is 1. The molecular weight excluding hydrogens is 332 g/mol. The Hall–Kier alpha value is -1.40. The Balaban J connectivity index is 2.07. The number of thioether (sulfide) groups is 1. The first kappa shape index (κ1) is 14.0. The topological polar surface area (TPSA) is 59.7 Å². The summed E-state index contributed by atoms with van der Waals surface area (Å²) in [6, 6.07) is 8.82. The SMILES string of the molecule is COc1ccc(Br)c(CSc2ccc(C(=O)O)o2)c1. The molecule has 0 unspecified atom stereocenters. The third kappa shape index (κ3) is 3.54. The van der Waals surface area contributed by atoms with Crippen LogP contribution >= 0.6 is 27.7 Å². The van der Waals surface area contributed by atoms with Gasteiger partial charge in [-0.15, -0.1) is 0 Å². The maximum Gasteiger partial charge on any atom is 0.371 e. The molecule has 6 heteroatoms. The Labute approximate surface area is 122 Å². The van der Waals surface area contributed by atoms with Crippen molar-refractivity contribution >= 4 is 33.7 Å². The Morgan fingerprint density at radius 1 is 1.42 bits per heavy atom. The molecule has 2 aromatic rings. The van der Waals surface area contributed by atoms with Crippen molar-refractivity contribution in [2.24, 2.45) is 0 Å². The fourth-order valence-corrected chi connectivity index (χ4v) is 2.87. The lowest BCUT2D eigenvalue weighted by Gasteiger charge is -2.06. The van der Waals surface area contributed by atoms with Gasteiger partial charge in [0, 0.05) is 10.2 Å². The number of methoxy groups -OCH3 is 1. The molecule has 0 aliphatic rings. The van der Waals surface area contributed by atoms with Crippen molar-refractivity contribution in [2.45, 2.75) is 10.8 Å². The number of rotatable bonds is 5. The van der Waals surface area contributed by atoms with Crippen LogP contribution in [0.1, 0.15) is 16.1 Å². The predicted molar refractivity (Wildman–Crippen MR) is 75.9 cm³/mol. The minimum Gasteiger partial charge on any atom is -0.497 e. The van der Waals surface area contributed by atoms with Crippen molar-refractivity contribution in [3.05, 3.63) is 46.1 Å². The van der Waals surface area contributed by atoms with E-state index in [9.17, 15) is 4.79 Å². The molecule has 19 heavy (non-hydrogen) atoms. The van der Waals surface area contributed by atoms with E-state index in [-0.39, 0.29) is 5.76 Å². The molecule has 0 spiro atoms. The average Bonchev–Trinajstić information content (AvgIpc) is 2.87. The van der Waals surface area contributed by atoms with Gasteiger partial charge in [-0.25, -0.2) is 4.79 Å². The van der Waals surface area contributed by atoms with Gasteiger partial charge in [0.2, 0.25) is 5.76 Å². The van der Waals surface area contributed by atoms with E-state index >= 15 is 0 Å². The lowest BCUT2D eigenvalue weighted by Crippen LogP contribution is -1.91. The first-order valence-corrected chi connectivity index (χ1v) is 7.16. The molecule has 0 atom stereocenters. The van der Waals surface area contributed by atoms with Crippen LogP contribution in [-0.4, -0.2) is 18.2 Å². The Bertz CT molecular complexity index is 594. The van der Waals surface area contributed by atoms with Crippen molar-refractivity contribution in [3.63, 3.8) is 0 Å². The van der Waals surface area contributed by atoms with E-state index in [1.54, 1.807) is 13.2 Å².